The zero-order valence-electron chi connectivity index (χ0n) is 19.5. The third kappa shape index (κ3) is 3.80. The molecule has 37 heavy (non-hydrogen) atoms. The minimum absolute atomic E-state index is 0.103. The van der Waals surface area contributed by atoms with Crippen LogP contribution in [0.3, 0.4) is 0 Å². The lowest BCUT2D eigenvalue weighted by molar-refractivity contribution is -0.0170. The van der Waals surface area contributed by atoms with Crippen molar-refractivity contribution in [3.05, 3.63) is 100 Å². The number of amides is 2. The second-order valence-electron chi connectivity index (χ2n) is 9.16. The highest BCUT2D eigenvalue weighted by Gasteiger charge is 2.47. The van der Waals surface area contributed by atoms with Gasteiger partial charge in [-0.2, -0.15) is 0 Å². The van der Waals surface area contributed by atoms with Crippen LogP contribution in [0.1, 0.15) is 39.1 Å². The summed E-state index contributed by atoms with van der Waals surface area (Å²) in [6.07, 6.45) is 1.79. The summed E-state index contributed by atoms with van der Waals surface area (Å²) >= 11 is 6.22. The van der Waals surface area contributed by atoms with Crippen molar-refractivity contribution in [3.63, 3.8) is 0 Å². The molecule has 0 bridgehead atoms. The maximum absolute atomic E-state index is 14.0. The molecule has 1 spiro atoms. The van der Waals surface area contributed by atoms with Crippen molar-refractivity contribution >= 4 is 46.1 Å². The van der Waals surface area contributed by atoms with Crippen LogP contribution in [-0.2, 0) is 10.3 Å². The molecule has 1 aromatic heterocycles. The number of anilines is 1. The molecular formula is C28H21ClFN3O4. The second kappa shape index (κ2) is 8.83. The van der Waals surface area contributed by atoms with Gasteiger partial charge in [-0.05, 0) is 49.5 Å². The van der Waals surface area contributed by atoms with Gasteiger partial charge in [0.2, 0.25) is 0 Å². The van der Waals surface area contributed by atoms with E-state index >= 15 is 0 Å². The van der Waals surface area contributed by atoms with Crippen LogP contribution < -0.4 is 10.2 Å². The molecule has 1 saturated heterocycles. The molecule has 2 amide bonds. The van der Waals surface area contributed by atoms with E-state index in [9.17, 15) is 18.8 Å². The predicted molar refractivity (Wildman–Crippen MR) is 137 cm³/mol. The summed E-state index contributed by atoms with van der Waals surface area (Å²) in [5, 5.41) is 4.05. The monoisotopic (exact) mass is 517 g/mol. The van der Waals surface area contributed by atoms with E-state index in [0.717, 1.165) is 16.5 Å². The van der Waals surface area contributed by atoms with E-state index in [1.807, 2.05) is 12.1 Å². The van der Waals surface area contributed by atoms with Gasteiger partial charge in [0.15, 0.2) is 0 Å². The van der Waals surface area contributed by atoms with E-state index in [1.165, 1.54) is 29.0 Å². The first kappa shape index (κ1) is 23.4. The molecule has 6 rings (SSSR count). The number of para-hydroxylation sites is 1. The number of piperidine rings is 1. The molecule has 3 heterocycles. The van der Waals surface area contributed by atoms with Crippen LogP contribution in [0.5, 0.6) is 0 Å². The van der Waals surface area contributed by atoms with Crippen LogP contribution in [0.25, 0.3) is 10.9 Å². The Morgan fingerprint density at radius 1 is 0.973 bits per heavy atom. The number of fused-ring (bicyclic) bond motifs is 3. The van der Waals surface area contributed by atoms with Gasteiger partial charge in [-0.15, -0.1) is 0 Å². The highest BCUT2D eigenvalue weighted by Crippen LogP contribution is 2.45. The molecular weight excluding hydrogens is 497 g/mol. The first-order valence-corrected chi connectivity index (χ1v) is 12.2. The van der Waals surface area contributed by atoms with Crippen LogP contribution in [0.2, 0.25) is 5.02 Å². The summed E-state index contributed by atoms with van der Waals surface area (Å²) in [7, 11) is 0. The van der Waals surface area contributed by atoms with E-state index in [-0.39, 0.29) is 11.1 Å². The molecule has 9 heteroatoms. The quantitative estimate of drug-likeness (QED) is 0.380. The number of aromatic nitrogens is 1. The lowest BCUT2D eigenvalue weighted by atomic mass is 9.82. The Morgan fingerprint density at radius 2 is 1.76 bits per heavy atom. The number of nitrogens with zero attached hydrogens (tertiary/aromatic N) is 2. The van der Waals surface area contributed by atoms with Gasteiger partial charge in [0.1, 0.15) is 11.4 Å². The molecule has 186 valence electrons. The van der Waals surface area contributed by atoms with Gasteiger partial charge in [-0.25, -0.2) is 14.1 Å². The lowest BCUT2D eigenvalue weighted by Gasteiger charge is -2.44. The number of nitrogens with one attached hydrogen (secondary N) is 1. The lowest BCUT2D eigenvalue weighted by Crippen LogP contribution is -2.52. The summed E-state index contributed by atoms with van der Waals surface area (Å²) in [6.45, 7) is 1.37. The smallest absolute Gasteiger partial charge is 0.422 e. The van der Waals surface area contributed by atoms with Crippen molar-refractivity contribution in [3.8, 4) is 0 Å². The maximum Gasteiger partial charge on any atom is 0.422 e. The summed E-state index contributed by atoms with van der Waals surface area (Å²) < 4.78 is 21.0. The standard InChI is InChI=1S/C28H21ClFN3O4/c29-18-8-9-20-21(16-32(24(20)15-18)25(34)17-4-3-5-19(30)14-17)26(35)33-23-7-2-1-6-22(23)28(37-27(33)36)10-12-31-13-11-28/h1-9,14-16,31H,10-13H2. The van der Waals surface area contributed by atoms with Crippen molar-refractivity contribution in [2.75, 3.05) is 18.0 Å². The van der Waals surface area contributed by atoms with Crippen LogP contribution >= 0.6 is 11.6 Å². The molecule has 1 N–H and O–H groups in total. The van der Waals surface area contributed by atoms with Crippen LogP contribution in [0.4, 0.5) is 14.9 Å². The van der Waals surface area contributed by atoms with Crippen molar-refractivity contribution in [1.29, 1.82) is 0 Å². The Hall–Kier alpha value is -4.01. The average Bonchev–Trinajstić information content (AvgIpc) is 3.27. The van der Waals surface area contributed by atoms with Gasteiger partial charge in [0.05, 0.1) is 16.8 Å². The topological polar surface area (TPSA) is 80.6 Å². The fourth-order valence-corrected chi connectivity index (χ4v) is 5.40. The van der Waals surface area contributed by atoms with Gasteiger partial charge < -0.3 is 10.1 Å². The maximum atomic E-state index is 14.0. The fraction of sp³-hybridized carbons (Fsp3) is 0.179. The minimum Gasteiger partial charge on any atom is -0.437 e. The summed E-state index contributed by atoms with van der Waals surface area (Å²) in [4.78, 5) is 41.7. The Kier molecular flexibility index (Phi) is 5.58. The molecule has 0 saturated carbocycles. The van der Waals surface area contributed by atoms with E-state index in [0.29, 0.717) is 47.5 Å². The Labute approximate surface area is 216 Å². The molecule has 0 aliphatic carbocycles. The number of hydrogen-bond donors (Lipinski definition) is 1. The van der Waals surface area contributed by atoms with Gasteiger partial charge in [-0.3, -0.25) is 14.2 Å². The largest absolute Gasteiger partial charge is 0.437 e. The van der Waals surface area contributed by atoms with Crippen molar-refractivity contribution in [2.45, 2.75) is 18.4 Å². The van der Waals surface area contributed by atoms with Crippen LogP contribution in [-0.4, -0.2) is 35.6 Å². The first-order chi connectivity index (χ1) is 17.9. The minimum atomic E-state index is -0.801. The number of carbonyl (C=O) groups is 3. The Morgan fingerprint density at radius 3 is 2.54 bits per heavy atom. The van der Waals surface area contributed by atoms with Crippen LogP contribution in [0, 0.1) is 5.82 Å². The number of rotatable bonds is 2. The van der Waals surface area contributed by atoms with Gasteiger partial charge in [0.25, 0.3) is 11.8 Å². The molecule has 2 aliphatic heterocycles. The van der Waals surface area contributed by atoms with Gasteiger partial charge in [-0.1, -0.05) is 41.9 Å². The molecule has 0 unspecified atom stereocenters. The number of benzene rings is 3. The second-order valence-corrected chi connectivity index (χ2v) is 9.60. The average molecular weight is 518 g/mol. The first-order valence-electron chi connectivity index (χ1n) is 11.9. The molecule has 7 nitrogen and oxygen atoms in total. The highest BCUT2D eigenvalue weighted by atomic mass is 35.5. The Bertz CT molecular complexity index is 1590. The third-order valence-electron chi connectivity index (χ3n) is 7.00. The number of carbonyl (C=O) groups excluding carboxylic acids is 3. The highest BCUT2D eigenvalue weighted by molar-refractivity contribution is 6.32. The fourth-order valence-electron chi connectivity index (χ4n) is 5.23. The van der Waals surface area contributed by atoms with Gasteiger partial charge >= 0.3 is 6.09 Å². The van der Waals surface area contributed by atoms with Crippen molar-refractivity contribution in [2.24, 2.45) is 0 Å². The molecule has 0 radical (unpaired) electrons. The molecule has 0 atom stereocenters. The zero-order chi connectivity index (χ0) is 25.7. The van der Waals surface area contributed by atoms with Crippen molar-refractivity contribution < 1.29 is 23.5 Å². The van der Waals surface area contributed by atoms with E-state index in [2.05, 4.69) is 5.32 Å². The summed E-state index contributed by atoms with van der Waals surface area (Å²) in [6, 6.07) is 17.3. The Balaban J connectivity index is 1.48. The molecule has 3 aromatic carbocycles. The third-order valence-corrected chi connectivity index (χ3v) is 7.24. The zero-order valence-corrected chi connectivity index (χ0v) is 20.3. The van der Waals surface area contributed by atoms with E-state index in [1.54, 1.807) is 30.3 Å². The van der Waals surface area contributed by atoms with Crippen molar-refractivity contribution in [1.82, 2.24) is 9.88 Å². The summed E-state index contributed by atoms with van der Waals surface area (Å²) in [5.74, 6) is -1.74. The normalized spacial score (nSPS) is 16.5. The SMILES string of the molecule is O=C1OC2(CCNCC2)c2ccccc2N1C(=O)c1cn(C(=O)c2cccc(F)c2)c2cc(Cl)ccc12. The predicted octanol–water partition coefficient (Wildman–Crippen LogP) is 5.50. The molecule has 2 aliphatic rings. The van der Waals surface area contributed by atoms with Gasteiger partial charge in [0, 0.05) is 40.6 Å². The van der Waals surface area contributed by atoms with E-state index in [4.69, 9.17) is 16.3 Å². The van der Waals surface area contributed by atoms with E-state index < -0.39 is 29.3 Å². The molecule has 4 aromatic rings. The summed E-state index contributed by atoms with van der Waals surface area (Å²) in [5.41, 5.74) is 1.00. The van der Waals surface area contributed by atoms with Crippen LogP contribution in [0.15, 0.2) is 72.9 Å². The molecule has 1 fully saturated rings. The number of halogens is 2. The number of imide groups is 1. The number of ether oxygens (including phenoxy) is 1. The number of hydrogen-bond acceptors (Lipinski definition) is 5.